The van der Waals surface area contributed by atoms with Crippen molar-refractivity contribution in [3.05, 3.63) is 84.1 Å². The van der Waals surface area contributed by atoms with Crippen LogP contribution in [0, 0.1) is 6.92 Å². The number of aromatic nitrogens is 5. The van der Waals surface area contributed by atoms with Crippen LogP contribution in [0.25, 0.3) is 16.7 Å². The van der Waals surface area contributed by atoms with Crippen molar-refractivity contribution >= 4 is 34.0 Å². The maximum Gasteiger partial charge on any atom is 0.255 e. The first-order chi connectivity index (χ1) is 16.1. The van der Waals surface area contributed by atoms with Gasteiger partial charge in [0.25, 0.3) is 5.91 Å². The topological polar surface area (TPSA) is 133 Å². The minimum absolute atomic E-state index is 0.0949. The number of fused-ring (bicyclic) bond motifs is 1. The van der Waals surface area contributed by atoms with E-state index >= 15 is 0 Å². The normalized spacial score (nSPS) is 11.3. The Morgan fingerprint density at radius 3 is 2.61 bits per heavy atom. The standard InChI is InChI=1S/C23H18N8O2/c1-14-21(23(33)31(29-14)18-5-3-2-4-6-18)28-25-16-9-7-15(8-10-16)22(32)24-17-11-12-19-20(13-17)27-30-26-19/h2-13,33H,1H3,(H,24,32)(H,26,27,30)/b28-25+. The van der Waals surface area contributed by atoms with E-state index in [-0.39, 0.29) is 17.5 Å². The number of aryl methyl sites for hydroxylation is 1. The van der Waals surface area contributed by atoms with Gasteiger partial charge in [-0.25, -0.2) is 0 Å². The molecule has 0 atom stereocenters. The molecule has 10 nitrogen and oxygen atoms in total. The molecule has 3 aromatic carbocycles. The minimum atomic E-state index is -0.265. The fourth-order valence-electron chi connectivity index (χ4n) is 3.28. The van der Waals surface area contributed by atoms with E-state index in [1.54, 1.807) is 49.4 Å². The monoisotopic (exact) mass is 438 g/mol. The maximum atomic E-state index is 12.6. The predicted octanol–water partition coefficient (Wildman–Crippen LogP) is 4.83. The zero-order valence-corrected chi connectivity index (χ0v) is 17.5. The molecule has 33 heavy (non-hydrogen) atoms. The number of nitrogens with zero attached hydrogens (tertiary/aromatic N) is 6. The molecule has 2 heterocycles. The minimum Gasteiger partial charge on any atom is -0.492 e. The number of rotatable bonds is 5. The van der Waals surface area contributed by atoms with Gasteiger partial charge in [-0.3, -0.25) is 9.89 Å². The first-order valence-corrected chi connectivity index (χ1v) is 10.1. The van der Waals surface area contributed by atoms with Crippen LogP contribution in [0.3, 0.4) is 0 Å². The van der Waals surface area contributed by atoms with E-state index in [1.807, 2.05) is 30.3 Å². The summed E-state index contributed by atoms with van der Waals surface area (Å²) in [5, 5.41) is 36.5. The fraction of sp³-hybridized carbons (Fsp3) is 0.0435. The number of azo groups is 1. The molecule has 0 saturated heterocycles. The first-order valence-electron chi connectivity index (χ1n) is 10.1. The second-order valence-electron chi connectivity index (χ2n) is 7.25. The molecule has 0 fully saturated rings. The molecule has 0 bridgehead atoms. The van der Waals surface area contributed by atoms with E-state index in [0.29, 0.717) is 28.1 Å². The van der Waals surface area contributed by atoms with Crippen molar-refractivity contribution in [2.24, 2.45) is 10.2 Å². The lowest BCUT2D eigenvalue weighted by Crippen LogP contribution is -2.11. The average Bonchev–Trinajstić information content (AvgIpc) is 3.42. The Morgan fingerprint density at radius 1 is 1.03 bits per heavy atom. The third kappa shape index (κ3) is 4.04. The van der Waals surface area contributed by atoms with Crippen molar-refractivity contribution in [3.63, 3.8) is 0 Å². The van der Waals surface area contributed by atoms with Crippen LogP contribution in [0.1, 0.15) is 16.1 Å². The third-order valence-electron chi connectivity index (χ3n) is 4.98. The highest BCUT2D eigenvalue weighted by Gasteiger charge is 2.15. The quantitative estimate of drug-likeness (QED) is 0.338. The van der Waals surface area contributed by atoms with Gasteiger partial charge in [0.1, 0.15) is 5.52 Å². The van der Waals surface area contributed by atoms with Gasteiger partial charge in [0.15, 0.2) is 5.69 Å². The van der Waals surface area contributed by atoms with Crippen molar-refractivity contribution in [1.29, 1.82) is 0 Å². The Balaban J connectivity index is 1.31. The summed E-state index contributed by atoms with van der Waals surface area (Å²) in [4.78, 5) is 12.6. The van der Waals surface area contributed by atoms with Gasteiger partial charge in [-0.15, -0.1) is 10.2 Å². The van der Waals surface area contributed by atoms with Crippen LogP contribution >= 0.6 is 0 Å². The lowest BCUT2D eigenvalue weighted by molar-refractivity contribution is 0.102. The summed E-state index contributed by atoms with van der Waals surface area (Å²) in [7, 11) is 0. The highest BCUT2D eigenvalue weighted by atomic mass is 16.3. The fourth-order valence-corrected chi connectivity index (χ4v) is 3.28. The van der Waals surface area contributed by atoms with Gasteiger partial charge in [0.2, 0.25) is 5.88 Å². The summed E-state index contributed by atoms with van der Waals surface area (Å²) < 4.78 is 1.41. The maximum absolute atomic E-state index is 12.6. The molecule has 0 spiro atoms. The SMILES string of the molecule is Cc1nn(-c2ccccc2)c(O)c1/N=N/c1ccc(C(=O)Nc2ccc3[nH]nnc3c2)cc1. The molecule has 0 aliphatic rings. The zero-order valence-electron chi connectivity index (χ0n) is 17.5. The van der Waals surface area contributed by atoms with Crippen molar-refractivity contribution < 1.29 is 9.90 Å². The summed E-state index contributed by atoms with van der Waals surface area (Å²) in [5.41, 5.74) is 4.61. The Hall–Kier alpha value is -4.86. The van der Waals surface area contributed by atoms with Crippen LogP contribution < -0.4 is 5.32 Å². The highest BCUT2D eigenvalue weighted by Crippen LogP contribution is 2.33. The molecule has 1 amide bonds. The summed E-state index contributed by atoms with van der Waals surface area (Å²) in [6.07, 6.45) is 0. The van der Waals surface area contributed by atoms with E-state index in [2.05, 4.69) is 36.1 Å². The molecule has 0 aliphatic carbocycles. The zero-order chi connectivity index (χ0) is 22.8. The van der Waals surface area contributed by atoms with E-state index in [9.17, 15) is 9.90 Å². The van der Waals surface area contributed by atoms with Crippen LogP contribution in [-0.4, -0.2) is 36.2 Å². The first kappa shape index (κ1) is 20.1. The number of carbonyl (C=O) groups is 1. The van der Waals surface area contributed by atoms with Crippen LogP contribution in [0.5, 0.6) is 5.88 Å². The van der Waals surface area contributed by atoms with Gasteiger partial charge in [-0.2, -0.15) is 14.9 Å². The summed E-state index contributed by atoms with van der Waals surface area (Å²) in [5.74, 6) is -0.360. The molecule has 0 radical (unpaired) electrons. The molecule has 10 heteroatoms. The number of hydrogen-bond donors (Lipinski definition) is 3. The number of hydrogen-bond acceptors (Lipinski definition) is 7. The molecule has 5 aromatic rings. The van der Waals surface area contributed by atoms with E-state index < -0.39 is 0 Å². The van der Waals surface area contributed by atoms with Crippen LogP contribution in [0.15, 0.2) is 83.0 Å². The molecule has 0 aliphatic heterocycles. The second-order valence-corrected chi connectivity index (χ2v) is 7.25. The van der Waals surface area contributed by atoms with Crippen LogP contribution in [0.2, 0.25) is 0 Å². The lowest BCUT2D eigenvalue weighted by atomic mass is 10.2. The van der Waals surface area contributed by atoms with Gasteiger partial charge >= 0.3 is 0 Å². The smallest absolute Gasteiger partial charge is 0.255 e. The summed E-state index contributed by atoms with van der Waals surface area (Å²) in [6, 6.07) is 21.2. The van der Waals surface area contributed by atoms with Crippen molar-refractivity contribution in [3.8, 4) is 11.6 Å². The largest absolute Gasteiger partial charge is 0.492 e. The average molecular weight is 438 g/mol. The van der Waals surface area contributed by atoms with Crippen LogP contribution in [-0.2, 0) is 0 Å². The number of benzene rings is 3. The predicted molar refractivity (Wildman–Crippen MR) is 122 cm³/mol. The molecule has 2 aromatic heterocycles. The number of carbonyl (C=O) groups excluding carboxylic acids is 1. The van der Waals surface area contributed by atoms with E-state index in [4.69, 9.17) is 0 Å². The highest BCUT2D eigenvalue weighted by molar-refractivity contribution is 6.05. The van der Waals surface area contributed by atoms with Gasteiger partial charge in [-0.1, -0.05) is 23.4 Å². The third-order valence-corrected chi connectivity index (χ3v) is 4.98. The van der Waals surface area contributed by atoms with Crippen molar-refractivity contribution in [2.75, 3.05) is 5.32 Å². The lowest BCUT2D eigenvalue weighted by Gasteiger charge is -2.05. The van der Waals surface area contributed by atoms with Gasteiger partial charge in [0, 0.05) is 11.3 Å². The van der Waals surface area contributed by atoms with Gasteiger partial charge in [0.05, 0.1) is 22.6 Å². The van der Waals surface area contributed by atoms with Crippen molar-refractivity contribution in [2.45, 2.75) is 6.92 Å². The number of anilines is 1. The Labute approximate surface area is 187 Å². The van der Waals surface area contributed by atoms with Gasteiger partial charge < -0.3 is 10.4 Å². The number of H-pyrrole nitrogens is 1. The molecule has 5 rings (SSSR count). The molecular weight excluding hydrogens is 420 g/mol. The van der Waals surface area contributed by atoms with Crippen molar-refractivity contribution in [1.82, 2.24) is 25.2 Å². The van der Waals surface area contributed by atoms with Crippen LogP contribution in [0.4, 0.5) is 17.1 Å². The molecule has 162 valence electrons. The number of aromatic hydroxyl groups is 1. The van der Waals surface area contributed by atoms with E-state index in [0.717, 1.165) is 11.2 Å². The number of para-hydroxylation sites is 1. The van der Waals surface area contributed by atoms with Gasteiger partial charge in [-0.05, 0) is 61.5 Å². The molecule has 3 N–H and O–H groups in total. The second kappa shape index (κ2) is 8.35. The number of aromatic amines is 1. The Kier molecular flexibility index (Phi) is 5.07. The number of amides is 1. The summed E-state index contributed by atoms with van der Waals surface area (Å²) >= 11 is 0. The Morgan fingerprint density at radius 2 is 1.82 bits per heavy atom. The number of nitrogens with one attached hydrogen (secondary N) is 2. The molecular formula is C23H18N8O2. The van der Waals surface area contributed by atoms with E-state index in [1.165, 1.54) is 4.68 Å². The summed E-state index contributed by atoms with van der Waals surface area (Å²) in [6.45, 7) is 1.75. The molecule has 0 saturated carbocycles. The molecule has 0 unspecified atom stereocenters. The Bertz CT molecular complexity index is 1470.